The molecule has 0 N–H and O–H groups in total. The first-order chi connectivity index (χ1) is 7.34. The van der Waals surface area contributed by atoms with Crippen molar-refractivity contribution in [2.75, 3.05) is 0 Å². The van der Waals surface area contributed by atoms with E-state index in [4.69, 9.17) is 0 Å². The van der Waals surface area contributed by atoms with Crippen LogP contribution in [0.1, 0.15) is 24.8 Å². The van der Waals surface area contributed by atoms with Crippen LogP contribution < -0.4 is 0 Å². The molecule has 0 bridgehead atoms. The summed E-state index contributed by atoms with van der Waals surface area (Å²) in [6.07, 6.45) is 8.60. The predicted octanol–water partition coefficient (Wildman–Crippen LogP) is 3.38. The Morgan fingerprint density at radius 1 is 1.00 bits per heavy atom. The molecule has 0 saturated heterocycles. The maximum Gasteiger partial charge on any atom is 0.155 e. The normalized spacial score (nSPS) is 16.8. The van der Waals surface area contributed by atoms with Crippen molar-refractivity contribution in [2.24, 2.45) is 0 Å². The molecule has 0 fully saturated rings. The summed E-state index contributed by atoms with van der Waals surface area (Å²) in [4.78, 5) is 11.2. The van der Waals surface area contributed by atoms with Gasteiger partial charge in [0.1, 0.15) is 0 Å². The minimum atomic E-state index is 0.258. The Kier molecular flexibility index (Phi) is 3.13. The molecule has 0 heterocycles. The van der Waals surface area contributed by atoms with E-state index >= 15 is 0 Å². The van der Waals surface area contributed by atoms with Gasteiger partial charge in [0.2, 0.25) is 0 Å². The number of rotatable bonds is 2. The quantitative estimate of drug-likeness (QED) is 0.712. The molecule has 0 spiro atoms. The fourth-order valence-corrected chi connectivity index (χ4v) is 1.72. The topological polar surface area (TPSA) is 17.1 Å². The second-order valence-electron chi connectivity index (χ2n) is 3.78. The van der Waals surface area contributed by atoms with Crippen LogP contribution in [0.4, 0.5) is 0 Å². The van der Waals surface area contributed by atoms with Crippen LogP contribution >= 0.6 is 0 Å². The lowest BCUT2D eigenvalue weighted by Gasteiger charge is -2.07. The maximum atomic E-state index is 11.2. The van der Waals surface area contributed by atoms with Crippen molar-refractivity contribution in [3.05, 3.63) is 53.6 Å². The fourth-order valence-electron chi connectivity index (χ4n) is 1.72. The van der Waals surface area contributed by atoms with Crippen LogP contribution in [0, 0.1) is 0 Å². The molecule has 1 heteroatoms. The minimum Gasteiger partial charge on any atom is -0.295 e. The molecule has 1 aliphatic carbocycles. The Morgan fingerprint density at radius 3 is 2.53 bits per heavy atom. The van der Waals surface area contributed by atoms with E-state index in [1.807, 2.05) is 24.3 Å². The number of carbonyl (C=O) groups excluding carboxylic acids is 1. The van der Waals surface area contributed by atoms with E-state index in [9.17, 15) is 4.79 Å². The zero-order valence-electron chi connectivity index (χ0n) is 8.65. The predicted molar refractivity (Wildman–Crippen MR) is 62.4 cm³/mol. The Balaban J connectivity index is 2.09. The lowest BCUT2D eigenvalue weighted by atomic mass is 9.98. The molecule has 1 aromatic carbocycles. The van der Waals surface area contributed by atoms with Gasteiger partial charge >= 0.3 is 0 Å². The molecule has 0 radical (unpaired) electrons. The molecule has 1 aromatic rings. The van der Waals surface area contributed by atoms with Crippen molar-refractivity contribution in [1.82, 2.24) is 0 Å². The Bertz CT molecular complexity index is 399. The van der Waals surface area contributed by atoms with Gasteiger partial charge in [0.25, 0.3) is 0 Å². The molecule has 15 heavy (non-hydrogen) atoms. The maximum absolute atomic E-state index is 11.2. The highest BCUT2D eigenvalue weighted by Crippen LogP contribution is 2.17. The lowest BCUT2D eigenvalue weighted by Crippen LogP contribution is -2.00. The SMILES string of the molecule is O=C1C=C(/C=C/c2ccccc2)CCC1. The number of hydrogen-bond acceptors (Lipinski definition) is 1. The van der Waals surface area contributed by atoms with E-state index in [0.29, 0.717) is 6.42 Å². The summed E-state index contributed by atoms with van der Waals surface area (Å²) in [5.74, 6) is 0.258. The number of hydrogen-bond donors (Lipinski definition) is 0. The summed E-state index contributed by atoms with van der Waals surface area (Å²) in [5.41, 5.74) is 2.33. The average Bonchev–Trinajstić information content (AvgIpc) is 2.28. The van der Waals surface area contributed by atoms with Gasteiger partial charge in [-0.3, -0.25) is 4.79 Å². The molecule has 1 nitrogen and oxygen atoms in total. The van der Waals surface area contributed by atoms with Gasteiger partial charge in [-0.05, 0) is 30.1 Å². The first-order valence-electron chi connectivity index (χ1n) is 5.31. The molecule has 0 aromatic heterocycles. The van der Waals surface area contributed by atoms with E-state index in [1.54, 1.807) is 6.08 Å². The van der Waals surface area contributed by atoms with E-state index in [1.165, 1.54) is 5.56 Å². The Hall–Kier alpha value is -1.63. The molecule has 0 atom stereocenters. The zero-order valence-corrected chi connectivity index (χ0v) is 8.65. The van der Waals surface area contributed by atoms with Crippen LogP contribution in [0.25, 0.3) is 6.08 Å². The summed E-state index contributed by atoms with van der Waals surface area (Å²) in [5, 5.41) is 0. The van der Waals surface area contributed by atoms with Crippen molar-refractivity contribution in [2.45, 2.75) is 19.3 Å². The third-order valence-electron chi connectivity index (χ3n) is 2.52. The van der Waals surface area contributed by atoms with E-state index in [0.717, 1.165) is 18.4 Å². The summed E-state index contributed by atoms with van der Waals surface area (Å²) in [7, 11) is 0. The molecule has 2 rings (SSSR count). The lowest BCUT2D eigenvalue weighted by molar-refractivity contribution is -0.115. The largest absolute Gasteiger partial charge is 0.295 e. The van der Waals surface area contributed by atoms with E-state index < -0.39 is 0 Å². The molecular formula is C14H14O. The van der Waals surface area contributed by atoms with Crippen molar-refractivity contribution >= 4 is 11.9 Å². The Labute approximate surface area is 90.1 Å². The standard InChI is InChI=1S/C14H14O/c15-14-8-4-7-13(11-14)10-9-12-5-2-1-3-6-12/h1-3,5-6,9-11H,4,7-8H2/b10-9+. The zero-order chi connectivity index (χ0) is 10.5. The summed E-state index contributed by atoms with van der Waals surface area (Å²) in [6, 6.07) is 10.1. The van der Waals surface area contributed by atoms with Crippen molar-refractivity contribution in [1.29, 1.82) is 0 Å². The highest BCUT2D eigenvalue weighted by atomic mass is 16.1. The molecule has 0 aliphatic heterocycles. The van der Waals surface area contributed by atoms with Crippen molar-refractivity contribution in [3.8, 4) is 0 Å². The summed E-state index contributed by atoms with van der Waals surface area (Å²) < 4.78 is 0. The number of benzene rings is 1. The Morgan fingerprint density at radius 2 is 1.80 bits per heavy atom. The number of ketones is 1. The van der Waals surface area contributed by atoms with Crippen molar-refractivity contribution < 1.29 is 4.79 Å². The van der Waals surface area contributed by atoms with Gasteiger partial charge in [0.05, 0.1) is 0 Å². The second-order valence-corrected chi connectivity index (χ2v) is 3.78. The smallest absolute Gasteiger partial charge is 0.155 e. The number of carbonyl (C=O) groups is 1. The van der Waals surface area contributed by atoms with Crippen LogP contribution in [-0.4, -0.2) is 5.78 Å². The van der Waals surface area contributed by atoms with Gasteiger partial charge in [0.15, 0.2) is 5.78 Å². The van der Waals surface area contributed by atoms with Gasteiger partial charge < -0.3 is 0 Å². The monoisotopic (exact) mass is 198 g/mol. The molecule has 0 unspecified atom stereocenters. The highest BCUT2D eigenvalue weighted by molar-refractivity contribution is 5.91. The fraction of sp³-hybridized carbons (Fsp3) is 0.214. The first-order valence-corrected chi connectivity index (χ1v) is 5.31. The van der Waals surface area contributed by atoms with Crippen LogP contribution in [0.3, 0.4) is 0 Å². The molecule has 0 saturated carbocycles. The second kappa shape index (κ2) is 4.74. The molecule has 0 amide bonds. The average molecular weight is 198 g/mol. The van der Waals surface area contributed by atoms with Crippen LogP contribution in [-0.2, 0) is 4.79 Å². The van der Waals surface area contributed by atoms with E-state index in [-0.39, 0.29) is 5.78 Å². The van der Waals surface area contributed by atoms with Crippen molar-refractivity contribution in [3.63, 3.8) is 0 Å². The first kappa shape index (κ1) is 9.91. The summed E-state index contributed by atoms with van der Waals surface area (Å²) >= 11 is 0. The van der Waals surface area contributed by atoms with Gasteiger partial charge in [-0.1, -0.05) is 42.5 Å². The third-order valence-corrected chi connectivity index (χ3v) is 2.52. The van der Waals surface area contributed by atoms with Crippen LogP contribution in [0.2, 0.25) is 0 Å². The minimum absolute atomic E-state index is 0.258. The van der Waals surface area contributed by atoms with Gasteiger partial charge in [-0.2, -0.15) is 0 Å². The summed E-state index contributed by atoms with van der Waals surface area (Å²) in [6.45, 7) is 0. The van der Waals surface area contributed by atoms with Gasteiger partial charge in [-0.15, -0.1) is 0 Å². The molecule has 76 valence electrons. The van der Waals surface area contributed by atoms with Crippen LogP contribution in [0.5, 0.6) is 0 Å². The van der Waals surface area contributed by atoms with Crippen LogP contribution in [0.15, 0.2) is 48.1 Å². The third kappa shape index (κ3) is 2.91. The molecular weight excluding hydrogens is 184 g/mol. The molecule has 1 aliphatic rings. The number of allylic oxidation sites excluding steroid dienone is 3. The van der Waals surface area contributed by atoms with Gasteiger partial charge in [-0.25, -0.2) is 0 Å². The van der Waals surface area contributed by atoms with E-state index in [2.05, 4.69) is 18.2 Å². The highest BCUT2D eigenvalue weighted by Gasteiger charge is 2.06. The van der Waals surface area contributed by atoms with Gasteiger partial charge in [0, 0.05) is 6.42 Å².